The zero-order valence-corrected chi connectivity index (χ0v) is 13.8. The lowest BCUT2D eigenvalue weighted by molar-refractivity contribution is -0.124. The molecule has 2 rings (SSSR count). The second-order valence-electron chi connectivity index (χ2n) is 4.64. The van der Waals surface area contributed by atoms with Crippen LogP contribution >= 0.6 is 35.8 Å². The fraction of sp³-hybridized carbons (Fsp3) is 0.385. The van der Waals surface area contributed by atoms with Crippen LogP contribution in [0.15, 0.2) is 23.1 Å². The van der Waals surface area contributed by atoms with E-state index < -0.39 is 5.25 Å². The van der Waals surface area contributed by atoms with Crippen LogP contribution in [0.1, 0.15) is 13.3 Å². The normalized spacial score (nSPS) is 18.0. The molecule has 5 nitrogen and oxygen atoms in total. The number of halogens is 2. The molecular weight excluding hydrogens is 333 g/mol. The number of hydrogen-bond acceptors (Lipinski definition) is 4. The zero-order chi connectivity index (χ0) is 14.7. The van der Waals surface area contributed by atoms with Gasteiger partial charge in [-0.3, -0.25) is 9.59 Å². The van der Waals surface area contributed by atoms with Crippen molar-refractivity contribution in [3.63, 3.8) is 0 Å². The number of anilines is 1. The molecule has 0 bridgehead atoms. The van der Waals surface area contributed by atoms with Crippen molar-refractivity contribution in [3.8, 4) is 0 Å². The molecule has 0 aromatic heterocycles. The lowest BCUT2D eigenvalue weighted by atomic mass is 10.2. The van der Waals surface area contributed by atoms with Crippen LogP contribution in [-0.2, 0) is 9.59 Å². The summed E-state index contributed by atoms with van der Waals surface area (Å²) < 4.78 is 0. The molecule has 0 radical (unpaired) electrons. The summed E-state index contributed by atoms with van der Waals surface area (Å²) in [4.78, 5) is 24.7. The number of thioether (sulfide) groups is 1. The van der Waals surface area contributed by atoms with E-state index in [1.807, 2.05) is 13.0 Å². The van der Waals surface area contributed by atoms with Crippen molar-refractivity contribution in [1.82, 2.24) is 5.32 Å². The van der Waals surface area contributed by atoms with Crippen LogP contribution in [0.5, 0.6) is 0 Å². The zero-order valence-electron chi connectivity index (χ0n) is 11.4. The summed E-state index contributed by atoms with van der Waals surface area (Å²) in [6, 6.07) is 5.22. The van der Waals surface area contributed by atoms with Crippen molar-refractivity contribution in [2.24, 2.45) is 5.73 Å². The van der Waals surface area contributed by atoms with E-state index in [4.69, 9.17) is 17.3 Å². The van der Waals surface area contributed by atoms with E-state index in [-0.39, 0.29) is 36.7 Å². The minimum absolute atomic E-state index is 0. The maximum Gasteiger partial charge on any atom is 0.238 e. The van der Waals surface area contributed by atoms with E-state index in [9.17, 15) is 9.59 Å². The number of amides is 2. The van der Waals surface area contributed by atoms with Crippen molar-refractivity contribution >= 4 is 53.3 Å². The van der Waals surface area contributed by atoms with Crippen molar-refractivity contribution < 1.29 is 9.59 Å². The Balaban J connectivity index is 0.00000220. The SMILES string of the molecule is C[C@@H](CN)NC(=O)CC1Sc2ccc(Cl)cc2NC1=O.Cl. The average molecular weight is 350 g/mol. The standard InChI is InChI=1S/C13H16ClN3O2S.ClH/c1-7(6-15)16-12(18)5-11-13(19)17-9-4-8(14)2-3-10(9)20-11;/h2-4,7,11H,5-6,15H2,1H3,(H,16,18)(H,17,19);1H/t7-,11?;/m0./s1. The molecule has 116 valence electrons. The summed E-state index contributed by atoms with van der Waals surface area (Å²) in [6.07, 6.45) is 0.128. The highest BCUT2D eigenvalue weighted by Crippen LogP contribution is 2.38. The lowest BCUT2D eigenvalue weighted by Crippen LogP contribution is -2.41. The Morgan fingerprint density at radius 1 is 1.57 bits per heavy atom. The van der Waals surface area contributed by atoms with E-state index in [1.165, 1.54) is 11.8 Å². The number of nitrogens with two attached hydrogens (primary N) is 1. The lowest BCUT2D eigenvalue weighted by Gasteiger charge is -2.24. The van der Waals surface area contributed by atoms with Crippen LogP contribution in [0.25, 0.3) is 0 Å². The first kappa shape index (κ1) is 18.1. The molecule has 1 aromatic carbocycles. The van der Waals surface area contributed by atoms with E-state index in [1.54, 1.807) is 12.1 Å². The predicted molar refractivity (Wildman–Crippen MR) is 88.3 cm³/mol. The van der Waals surface area contributed by atoms with Gasteiger partial charge < -0.3 is 16.4 Å². The Morgan fingerprint density at radius 2 is 2.29 bits per heavy atom. The topological polar surface area (TPSA) is 84.2 Å². The maximum atomic E-state index is 12.0. The van der Waals surface area contributed by atoms with Gasteiger partial charge in [0.25, 0.3) is 0 Å². The Hall–Kier alpha value is -0.950. The van der Waals surface area contributed by atoms with Gasteiger partial charge in [0.2, 0.25) is 11.8 Å². The third kappa shape index (κ3) is 4.78. The van der Waals surface area contributed by atoms with Crippen LogP contribution in [-0.4, -0.2) is 29.7 Å². The highest BCUT2D eigenvalue weighted by molar-refractivity contribution is 8.01. The first-order valence-electron chi connectivity index (χ1n) is 6.26. The number of carbonyl (C=O) groups excluding carboxylic acids is 2. The molecule has 21 heavy (non-hydrogen) atoms. The van der Waals surface area contributed by atoms with Crippen LogP contribution < -0.4 is 16.4 Å². The first-order chi connectivity index (χ1) is 9.49. The van der Waals surface area contributed by atoms with Gasteiger partial charge in [-0.15, -0.1) is 24.2 Å². The van der Waals surface area contributed by atoms with Crippen LogP contribution in [0.4, 0.5) is 5.69 Å². The highest BCUT2D eigenvalue weighted by Gasteiger charge is 2.29. The third-order valence-corrected chi connectivity index (χ3v) is 4.40. The van der Waals surface area contributed by atoms with Crippen LogP contribution in [0.2, 0.25) is 5.02 Å². The molecule has 0 aliphatic carbocycles. The number of rotatable bonds is 4. The Bertz CT molecular complexity index is 542. The number of hydrogen-bond donors (Lipinski definition) is 3. The molecule has 1 heterocycles. The smallest absolute Gasteiger partial charge is 0.238 e. The van der Waals surface area contributed by atoms with Gasteiger partial charge in [0.1, 0.15) is 0 Å². The van der Waals surface area contributed by atoms with Gasteiger partial charge in [-0.2, -0.15) is 0 Å². The van der Waals surface area contributed by atoms with Gasteiger partial charge in [-0.25, -0.2) is 0 Å². The maximum absolute atomic E-state index is 12.0. The molecule has 2 amide bonds. The monoisotopic (exact) mass is 349 g/mol. The number of fused-ring (bicyclic) bond motifs is 1. The van der Waals surface area contributed by atoms with Crippen molar-refractivity contribution in [2.75, 3.05) is 11.9 Å². The Kier molecular flexibility index (Phi) is 6.80. The summed E-state index contributed by atoms with van der Waals surface area (Å²) in [7, 11) is 0. The van der Waals surface area contributed by atoms with Gasteiger partial charge >= 0.3 is 0 Å². The van der Waals surface area contributed by atoms with Crippen molar-refractivity contribution in [2.45, 2.75) is 29.5 Å². The van der Waals surface area contributed by atoms with Gasteiger partial charge in [-0.1, -0.05) is 11.6 Å². The molecule has 8 heteroatoms. The molecule has 0 saturated carbocycles. The molecule has 2 atom stereocenters. The molecule has 0 fully saturated rings. The predicted octanol–water partition coefficient (Wildman–Crippen LogP) is 2.03. The molecular formula is C13H17Cl2N3O2S. The van der Waals surface area contributed by atoms with E-state index >= 15 is 0 Å². The Labute approximate surface area is 138 Å². The van der Waals surface area contributed by atoms with Crippen LogP contribution in [0.3, 0.4) is 0 Å². The van der Waals surface area contributed by atoms with E-state index in [2.05, 4.69) is 10.6 Å². The molecule has 1 aliphatic heterocycles. The van der Waals surface area contributed by atoms with Gasteiger partial charge in [-0.05, 0) is 25.1 Å². The van der Waals surface area contributed by atoms with Crippen molar-refractivity contribution in [1.29, 1.82) is 0 Å². The van der Waals surface area contributed by atoms with Crippen molar-refractivity contribution in [3.05, 3.63) is 23.2 Å². The van der Waals surface area contributed by atoms with E-state index in [0.717, 1.165) is 4.90 Å². The van der Waals surface area contributed by atoms with E-state index in [0.29, 0.717) is 17.3 Å². The molecule has 1 unspecified atom stereocenters. The summed E-state index contributed by atoms with van der Waals surface area (Å²) in [5.41, 5.74) is 6.14. The number of nitrogens with one attached hydrogen (secondary N) is 2. The molecule has 1 aromatic rings. The fourth-order valence-corrected chi connectivity index (χ4v) is 3.08. The minimum atomic E-state index is -0.436. The summed E-state index contributed by atoms with van der Waals surface area (Å²) in [5.74, 6) is -0.353. The summed E-state index contributed by atoms with van der Waals surface area (Å²) in [6.45, 7) is 2.19. The molecule has 4 N–H and O–H groups in total. The Morgan fingerprint density at radius 3 is 2.95 bits per heavy atom. The van der Waals surface area contributed by atoms with Gasteiger partial charge in [0.15, 0.2) is 0 Å². The fourth-order valence-electron chi connectivity index (χ4n) is 1.82. The summed E-state index contributed by atoms with van der Waals surface area (Å²) in [5, 5.41) is 5.66. The quantitative estimate of drug-likeness (QED) is 0.776. The van der Waals surface area contributed by atoms with Gasteiger partial charge in [0.05, 0.1) is 10.9 Å². The molecule has 0 saturated heterocycles. The first-order valence-corrected chi connectivity index (χ1v) is 7.52. The second-order valence-corrected chi connectivity index (χ2v) is 6.33. The minimum Gasteiger partial charge on any atom is -0.352 e. The third-order valence-electron chi connectivity index (χ3n) is 2.89. The van der Waals surface area contributed by atoms with Crippen LogP contribution in [0, 0.1) is 0 Å². The number of carbonyl (C=O) groups is 2. The average Bonchev–Trinajstić information content (AvgIpc) is 2.39. The molecule has 0 spiro atoms. The largest absolute Gasteiger partial charge is 0.352 e. The highest BCUT2D eigenvalue weighted by atomic mass is 35.5. The second kappa shape index (κ2) is 7.89. The number of benzene rings is 1. The molecule has 1 aliphatic rings. The van der Waals surface area contributed by atoms with Gasteiger partial charge in [0, 0.05) is 28.9 Å². The summed E-state index contributed by atoms with van der Waals surface area (Å²) >= 11 is 7.26.